The van der Waals surface area contributed by atoms with Crippen LogP contribution < -0.4 is 11.5 Å². The van der Waals surface area contributed by atoms with Crippen LogP contribution in [0.15, 0.2) is 30.5 Å². The van der Waals surface area contributed by atoms with Gasteiger partial charge in [0.25, 0.3) is 0 Å². The maximum Gasteiger partial charge on any atom is 0.335 e. The Hall–Kier alpha value is -1.97. The number of carbonyl (C=O) groups is 1. The molecule has 0 spiro atoms. The summed E-state index contributed by atoms with van der Waals surface area (Å²) in [6.45, 7) is 0. The molecule has 4 nitrogen and oxygen atoms in total. The molecule has 13 heavy (non-hydrogen) atoms. The van der Waals surface area contributed by atoms with E-state index in [0.717, 1.165) is 0 Å². The second-order valence-electron chi connectivity index (χ2n) is 2.50. The summed E-state index contributed by atoms with van der Waals surface area (Å²) in [6, 6.07) is 6.19. The van der Waals surface area contributed by atoms with Gasteiger partial charge in [-0.3, -0.25) is 0 Å². The van der Waals surface area contributed by atoms with Crippen LogP contribution in [0.2, 0.25) is 0 Å². The van der Waals surface area contributed by atoms with E-state index in [2.05, 4.69) is 0 Å². The predicted octanol–water partition coefficient (Wildman–Crippen LogP) is 0.601. The lowest BCUT2D eigenvalue weighted by Crippen LogP contribution is -2.01. The van der Waals surface area contributed by atoms with Crippen molar-refractivity contribution in [1.82, 2.24) is 0 Å². The largest absolute Gasteiger partial charge is 0.478 e. The van der Waals surface area contributed by atoms with Gasteiger partial charge < -0.3 is 16.6 Å². The van der Waals surface area contributed by atoms with Crippen LogP contribution in [-0.2, 0) is 0 Å². The van der Waals surface area contributed by atoms with Gasteiger partial charge in [0, 0.05) is 6.20 Å². The number of benzene rings is 1. The van der Waals surface area contributed by atoms with Crippen molar-refractivity contribution >= 4 is 11.7 Å². The molecule has 5 N–H and O–H groups in total. The van der Waals surface area contributed by atoms with Crippen LogP contribution in [0.3, 0.4) is 0 Å². The Morgan fingerprint density at radius 2 is 1.69 bits per heavy atom. The fourth-order valence-electron chi connectivity index (χ4n) is 0.901. The third-order valence-electron chi connectivity index (χ3n) is 1.64. The van der Waals surface area contributed by atoms with Gasteiger partial charge in [-0.05, 0) is 17.7 Å². The molecule has 0 radical (unpaired) electrons. The molecule has 0 bridgehead atoms. The van der Waals surface area contributed by atoms with Crippen molar-refractivity contribution in [3.05, 3.63) is 41.6 Å². The summed E-state index contributed by atoms with van der Waals surface area (Å²) in [5, 5.41) is 8.60. The number of nitrogens with two attached hydrogens (primary N) is 2. The normalized spacial score (nSPS) is 11.2. The quantitative estimate of drug-likeness (QED) is 0.618. The molecule has 4 heteroatoms. The van der Waals surface area contributed by atoms with Crippen molar-refractivity contribution in [3.63, 3.8) is 0 Å². The molecule has 1 aromatic carbocycles. The molecule has 0 aromatic heterocycles. The lowest BCUT2D eigenvalue weighted by Gasteiger charge is -2.00. The third kappa shape index (κ3) is 1.99. The summed E-state index contributed by atoms with van der Waals surface area (Å²) in [7, 11) is 0. The number of hydrogen-bond acceptors (Lipinski definition) is 3. The third-order valence-corrected chi connectivity index (χ3v) is 1.64. The fraction of sp³-hybridized carbons (Fsp3) is 0. The maximum atomic E-state index is 10.5. The van der Waals surface area contributed by atoms with E-state index in [1.54, 1.807) is 12.1 Å². The van der Waals surface area contributed by atoms with Crippen molar-refractivity contribution in [2.75, 3.05) is 0 Å². The molecular formula is C9H10N2O2. The summed E-state index contributed by atoms with van der Waals surface area (Å²) in [4.78, 5) is 10.5. The summed E-state index contributed by atoms with van der Waals surface area (Å²) < 4.78 is 0. The molecule has 0 saturated carbocycles. The van der Waals surface area contributed by atoms with E-state index in [1.807, 2.05) is 0 Å². The lowest BCUT2D eigenvalue weighted by atomic mass is 10.1. The highest BCUT2D eigenvalue weighted by Crippen LogP contribution is 2.09. The average Bonchev–Trinajstić information content (AvgIpc) is 2.17. The summed E-state index contributed by atoms with van der Waals surface area (Å²) in [5.74, 6) is -0.957. The summed E-state index contributed by atoms with van der Waals surface area (Å²) >= 11 is 0. The molecule has 0 aliphatic heterocycles. The highest BCUT2D eigenvalue weighted by molar-refractivity contribution is 5.88. The van der Waals surface area contributed by atoms with Gasteiger partial charge in [0.1, 0.15) is 0 Å². The van der Waals surface area contributed by atoms with E-state index in [9.17, 15) is 4.79 Å². The zero-order chi connectivity index (χ0) is 9.84. The molecule has 0 unspecified atom stereocenters. The Balaban J connectivity index is 3.00. The first-order valence-electron chi connectivity index (χ1n) is 3.66. The second kappa shape index (κ2) is 3.62. The molecule has 68 valence electrons. The van der Waals surface area contributed by atoms with E-state index in [1.165, 1.54) is 18.3 Å². The van der Waals surface area contributed by atoms with Gasteiger partial charge in [-0.1, -0.05) is 12.1 Å². The molecule has 1 rings (SSSR count). The van der Waals surface area contributed by atoms with Crippen LogP contribution >= 0.6 is 0 Å². The number of aromatic carboxylic acids is 1. The Bertz CT molecular complexity index is 341. The van der Waals surface area contributed by atoms with E-state index >= 15 is 0 Å². The molecule has 0 amide bonds. The highest BCUT2D eigenvalue weighted by Gasteiger charge is 2.01. The van der Waals surface area contributed by atoms with Crippen molar-refractivity contribution in [2.45, 2.75) is 0 Å². The van der Waals surface area contributed by atoms with E-state index < -0.39 is 5.97 Å². The van der Waals surface area contributed by atoms with Crippen LogP contribution in [0.1, 0.15) is 15.9 Å². The number of hydrogen-bond donors (Lipinski definition) is 3. The molecule has 0 atom stereocenters. The van der Waals surface area contributed by atoms with Gasteiger partial charge in [-0.2, -0.15) is 0 Å². The highest BCUT2D eigenvalue weighted by atomic mass is 16.4. The molecular weight excluding hydrogens is 168 g/mol. The summed E-state index contributed by atoms with van der Waals surface area (Å²) in [6.07, 6.45) is 1.27. The van der Waals surface area contributed by atoms with Crippen LogP contribution in [0.4, 0.5) is 0 Å². The van der Waals surface area contributed by atoms with Gasteiger partial charge >= 0.3 is 5.97 Å². The lowest BCUT2D eigenvalue weighted by molar-refractivity contribution is 0.0697. The first kappa shape index (κ1) is 9.12. The Morgan fingerprint density at radius 3 is 2.08 bits per heavy atom. The average molecular weight is 178 g/mol. The molecule has 0 aliphatic carbocycles. The van der Waals surface area contributed by atoms with E-state index in [4.69, 9.17) is 16.6 Å². The van der Waals surface area contributed by atoms with Gasteiger partial charge in [-0.25, -0.2) is 4.79 Å². The molecule has 0 fully saturated rings. The van der Waals surface area contributed by atoms with Crippen LogP contribution in [0, 0.1) is 0 Å². The van der Waals surface area contributed by atoms with Crippen LogP contribution in [0.25, 0.3) is 5.70 Å². The molecule has 0 aliphatic rings. The minimum absolute atomic E-state index is 0.230. The maximum absolute atomic E-state index is 10.5. The fourth-order valence-corrected chi connectivity index (χ4v) is 0.901. The molecule has 0 heterocycles. The zero-order valence-electron chi connectivity index (χ0n) is 6.90. The number of carboxylic acid groups (broad SMARTS) is 1. The first-order valence-corrected chi connectivity index (χ1v) is 3.66. The smallest absolute Gasteiger partial charge is 0.335 e. The monoisotopic (exact) mass is 178 g/mol. The van der Waals surface area contributed by atoms with Gasteiger partial charge in [0.05, 0.1) is 11.3 Å². The second-order valence-corrected chi connectivity index (χ2v) is 2.50. The van der Waals surface area contributed by atoms with Crippen LogP contribution in [0.5, 0.6) is 0 Å². The van der Waals surface area contributed by atoms with Gasteiger partial charge in [0.2, 0.25) is 0 Å². The summed E-state index contributed by atoms with van der Waals surface area (Å²) in [5.41, 5.74) is 12.1. The minimum atomic E-state index is -0.957. The Kier molecular flexibility index (Phi) is 2.54. The SMILES string of the molecule is N/C=C(\N)c1ccc(C(=O)O)cc1. The zero-order valence-corrected chi connectivity index (χ0v) is 6.90. The Labute approximate surface area is 75.5 Å². The van der Waals surface area contributed by atoms with Crippen molar-refractivity contribution in [1.29, 1.82) is 0 Å². The van der Waals surface area contributed by atoms with Crippen molar-refractivity contribution < 1.29 is 9.90 Å². The molecule has 1 aromatic rings. The van der Waals surface area contributed by atoms with Gasteiger partial charge in [-0.15, -0.1) is 0 Å². The standard InChI is InChI=1S/C9H10N2O2/c10-5-8(11)6-1-3-7(4-2-6)9(12)13/h1-5H,10-11H2,(H,12,13)/b8-5-. The topological polar surface area (TPSA) is 89.3 Å². The van der Waals surface area contributed by atoms with Gasteiger partial charge in [0.15, 0.2) is 0 Å². The van der Waals surface area contributed by atoms with Crippen molar-refractivity contribution in [3.8, 4) is 0 Å². The van der Waals surface area contributed by atoms with Crippen molar-refractivity contribution in [2.24, 2.45) is 11.5 Å². The van der Waals surface area contributed by atoms with Crippen LogP contribution in [-0.4, -0.2) is 11.1 Å². The van der Waals surface area contributed by atoms with E-state index in [-0.39, 0.29) is 5.56 Å². The number of carboxylic acids is 1. The minimum Gasteiger partial charge on any atom is -0.478 e. The number of rotatable bonds is 2. The predicted molar refractivity (Wildman–Crippen MR) is 49.8 cm³/mol. The molecule has 0 saturated heterocycles. The Morgan fingerprint density at radius 1 is 1.23 bits per heavy atom. The first-order chi connectivity index (χ1) is 6.15. The van der Waals surface area contributed by atoms with E-state index in [0.29, 0.717) is 11.3 Å².